The third-order valence-electron chi connectivity index (χ3n) is 3.43. The van der Waals surface area contributed by atoms with E-state index in [-0.39, 0.29) is 6.04 Å². The summed E-state index contributed by atoms with van der Waals surface area (Å²) in [6.07, 6.45) is 1.94. The van der Waals surface area contributed by atoms with Crippen molar-refractivity contribution in [3.63, 3.8) is 0 Å². The molecule has 90 valence electrons. The van der Waals surface area contributed by atoms with Gasteiger partial charge in [-0.3, -0.25) is 4.99 Å². The number of likely N-dealkylation sites (N-methyl/N-ethyl adjacent to an activating group) is 1. The zero-order valence-electron chi connectivity index (χ0n) is 10.4. The second-order valence-electron chi connectivity index (χ2n) is 4.64. The quantitative estimate of drug-likeness (QED) is 0.780. The van der Waals surface area contributed by atoms with Crippen molar-refractivity contribution in [1.29, 1.82) is 0 Å². The first kappa shape index (κ1) is 11.0. The minimum atomic E-state index is 0.193. The molecule has 0 fully saturated rings. The van der Waals surface area contributed by atoms with E-state index >= 15 is 0 Å². The monoisotopic (exact) mass is 236 g/mol. The molecule has 2 heteroatoms. The standard InChI is InChI=1S/C16H16N2/c1-18-12-17-15(13-8-4-2-5-9-13)16(18)14-10-6-3-7-11-14/h2-12,15-16H,1H3. The minimum Gasteiger partial charge on any atom is -0.356 e. The molecule has 0 spiro atoms. The summed E-state index contributed by atoms with van der Waals surface area (Å²) in [5.41, 5.74) is 2.58. The molecule has 2 unspecified atom stereocenters. The van der Waals surface area contributed by atoms with E-state index in [0.29, 0.717) is 6.04 Å². The van der Waals surface area contributed by atoms with Crippen molar-refractivity contribution in [3.8, 4) is 0 Å². The molecule has 2 nitrogen and oxygen atoms in total. The lowest BCUT2D eigenvalue weighted by atomic mass is 9.94. The van der Waals surface area contributed by atoms with Gasteiger partial charge in [0.25, 0.3) is 0 Å². The van der Waals surface area contributed by atoms with Crippen LogP contribution < -0.4 is 0 Å². The molecule has 2 aromatic carbocycles. The van der Waals surface area contributed by atoms with Crippen LogP contribution in [-0.2, 0) is 0 Å². The highest BCUT2D eigenvalue weighted by Crippen LogP contribution is 2.38. The number of rotatable bonds is 2. The molecular formula is C16H16N2. The van der Waals surface area contributed by atoms with Crippen LogP contribution in [0, 0.1) is 0 Å². The Morgan fingerprint density at radius 2 is 1.39 bits per heavy atom. The summed E-state index contributed by atoms with van der Waals surface area (Å²) < 4.78 is 0. The molecule has 0 aromatic heterocycles. The number of hydrogen-bond donors (Lipinski definition) is 0. The fourth-order valence-corrected chi connectivity index (χ4v) is 2.54. The van der Waals surface area contributed by atoms with E-state index in [0.717, 1.165) is 0 Å². The highest BCUT2D eigenvalue weighted by molar-refractivity contribution is 5.60. The Labute approximate surface area is 108 Å². The zero-order chi connectivity index (χ0) is 12.4. The van der Waals surface area contributed by atoms with Crippen LogP contribution in [0.2, 0.25) is 0 Å². The first-order valence-electron chi connectivity index (χ1n) is 6.21. The van der Waals surface area contributed by atoms with Crippen LogP contribution in [0.3, 0.4) is 0 Å². The first-order chi connectivity index (χ1) is 8.86. The maximum absolute atomic E-state index is 4.65. The van der Waals surface area contributed by atoms with Crippen molar-refractivity contribution >= 4 is 6.34 Å². The predicted molar refractivity (Wildman–Crippen MR) is 74.6 cm³/mol. The fourth-order valence-electron chi connectivity index (χ4n) is 2.54. The van der Waals surface area contributed by atoms with Crippen LogP contribution in [0.25, 0.3) is 0 Å². The van der Waals surface area contributed by atoms with Gasteiger partial charge in [0.2, 0.25) is 0 Å². The molecule has 0 aliphatic carbocycles. The van der Waals surface area contributed by atoms with Gasteiger partial charge in [0.1, 0.15) is 6.04 Å². The SMILES string of the molecule is CN1C=NC(c2ccccc2)C1c1ccccc1. The number of hydrogen-bond acceptors (Lipinski definition) is 2. The van der Waals surface area contributed by atoms with Crippen molar-refractivity contribution in [3.05, 3.63) is 71.8 Å². The van der Waals surface area contributed by atoms with E-state index in [9.17, 15) is 0 Å². The largest absolute Gasteiger partial charge is 0.356 e. The molecule has 0 N–H and O–H groups in total. The van der Waals surface area contributed by atoms with Crippen molar-refractivity contribution in [2.45, 2.75) is 12.1 Å². The van der Waals surface area contributed by atoms with Crippen LogP contribution >= 0.6 is 0 Å². The Morgan fingerprint density at radius 3 is 2.00 bits per heavy atom. The summed E-state index contributed by atoms with van der Waals surface area (Å²) in [5, 5.41) is 0. The van der Waals surface area contributed by atoms with Gasteiger partial charge in [-0.2, -0.15) is 0 Å². The Morgan fingerprint density at radius 1 is 0.833 bits per heavy atom. The van der Waals surface area contributed by atoms with Gasteiger partial charge in [-0.1, -0.05) is 60.7 Å². The lowest BCUT2D eigenvalue weighted by molar-refractivity contribution is 0.369. The van der Waals surface area contributed by atoms with Gasteiger partial charge in [0.05, 0.1) is 12.4 Å². The van der Waals surface area contributed by atoms with Crippen molar-refractivity contribution in [2.75, 3.05) is 7.05 Å². The molecule has 3 rings (SSSR count). The third-order valence-corrected chi connectivity index (χ3v) is 3.43. The van der Waals surface area contributed by atoms with E-state index in [1.807, 2.05) is 12.4 Å². The summed E-state index contributed by atoms with van der Waals surface area (Å²) in [7, 11) is 2.09. The molecule has 2 aromatic rings. The van der Waals surface area contributed by atoms with Crippen molar-refractivity contribution < 1.29 is 0 Å². The summed E-state index contributed by atoms with van der Waals surface area (Å²) >= 11 is 0. The van der Waals surface area contributed by atoms with E-state index in [1.165, 1.54) is 11.1 Å². The minimum absolute atomic E-state index is 0.193. The molecule has 18 heavy (non-hydrogen) atoms. The molecule has 1 heterocycles. The first-order valence-corrected chi connectivity index (χ1v) is 6.21. The smallest absolute Gasteiger partial charge is 0.101 e. The van der Waals surface area contributed by atoms with Crippen LogP contribution in [0.1, 0.15) is 23.2 Å². The van der Waals surface area contributed by atoms with Crippen LogP contribution in [-0.4, -0.2) is 18.3 Å². The molecule has 2 atom stereocenters. The topological polar surface area (TPSA) is 15.6 Å². The average molecular weight is 236 g/mol. The van der Waals surface area contributed by atoms with Gasteiger partial charge in [-0.25, -0.2) is 0 Å². The van der Waals surface area contributed by atoms with Crippen LogP contribution in [0.5, 0.6) is 0 Å². The van der Waals surface area contributed by atoms with Crippen LogP contribution in [0.4, 0.5) is 0 Å². The second kappa shape index (κ2) is 4.65. The third kappa shape index (κ3) is 1.90. The lowest BCUT2D eigenvalue weighted by Gasteiger charge is -2.25. The van der Waals surface area contributed by atoms with Gasteiger partial charge >= 0.3 is 0 Å². The van der Waals surface area contributed by atoms with Crippen molar-refractivity contribution in [1.82, 2.24) is 4.90 Å². The summed E-state index contributed by atoms with van der Waals surface area (Å²) in [4.78, 5) is 6.83. The summed E-state index contributed by atoms with van der Waals surface area (Å²) in [6, 6.07) is 21.6. The Kier molecular flexibility index (Phi) is 2.85. The average Bonchev–Trinajstić information content (AvgIpc) is 2.83. The Bertz CT molecular complexity index is 534. The summed E-state index contributed by atoms with van der Waals surface area (Å²) in [5.74, 6) is 0. The fraction of sp³-hybridized carbons (Fsp3) is 0.188. The molecular weight excluding hydrogens is 220 g/mol. The molecule has 0 radical (unpaired) electrons. The zero-order valence-corrected chi connectivity index (χ0v) is 10.4. The maximum Gasteiger partial charge on any atom is 0.101 e. The van der Waals surface area contributed by atoms with Crippen LogP contribution in [0.15, 0.2) is 65.7 Å². The van der Waals surface area contributed by atoms with Gasteiger partial charge in [0.15, 0.2) is 0 Å². The number of benzene rings is 2. The Balaban J connectivity index is 1.98. The van der Waals surface area contributed by atoms with Gasteiger partial charge < -0.3 is 4.90 Å². The molecule has 0 bridgehead atoms. The predicted octanol–water partition coefficient (Wildman–Crippen LogP) is 3.44. The maximum atomic E-state index is 4.65. The van der Waals surface area contributed by atoms with Crippen molar-refractivity contribution in [2.24, 2.45) is 4.99 Å². The van der Waals surface area contributed by atoms with E-state index in [1.54, 1.807) is 0 Å². The van der Waals surface area contributed by atoms with E-state index in [4.69, 9.17) is 0 Å². The molecule has 1 aliphatic rings. The van der Waals surface area contributed by atoms with Gasteiger partial charge in [0, 0.05) is 7.05 Å². The highest BCUT2D eigenvalue weighted by atomic mass is 15.2. The molecule has 1 aliphatic heterocycles. The highest BCUT2D eigenvalue weighted by Gasteiger charge is 2.30. The van der Waals surface area contributed by atoms with E-state index < -0.39 is 0 Å². The normalized spacial score (nSPS) is 22.4. The lowest BCUT2D eigenvalue weighted by Crippen LogP contribution is -2.21. The van der Waals surface area contributed by atoms with Gasteiger partial charge in [-0.05, 0) is 11.1 Å². The van der Waals surface area contributed by atoms with E-state index in [2.05, 4.69) is 71.5 Å². The molecule has 0 saturated heterocycles. The summed E-state index contributed by atoms with van der Waals surface area (Å²) in [6.45, 7) is 0. The Hall–Kier alpha value is -2.09. The van der Waals surface area contributed by atoms with Gasteiger partial charge in [-0.15, -0.1) is 0 Å². The number of nitrogens with zero attached hydrogens (tertiary/aromatic N) is 2. The number of aliphatic imine (C=N–C) groups is 1. The second-order valence-corrected chi connectivity index (χ2v) is 4.64. The molecule has 0 saturated carbocycles. The molecule has 0 amide bonds.